The van der Waals surface area contributed by atoms with Crippen LogP contribution in [0.4, 0.5) is 11.4 Å². The van der Waals surface area contributed by atoms with E-state index < -0.39 is 0 Å². The quantitative estimate of drug-likeness (QED) is 0.672. The summed E-state index contributed by atoms with van der Waals surface area (Å²) >= 11 is 0. The van der Waals surface area contributed by atoms with Crippen LogP contribution in [0.5, 0.6) is 0 Å². The first-order valence-corrected chi connectivity index (χ1v) is 5.57. The van der Waals surface area contributed by atoms with Gasteiger partial charge in [-0.25, -0.2) is 0 Å². The predicted octanol–water partition coefficient (Wildman–Crippen LogP) is 1.38. The summed E-state index contributed by atoms with van der Waals surface area (Å²) in [5.41, 5.74) is 12.8. The van der Waals surface area contributed by atoms with Crippen molar-refractivity contribution in [3.8, 4) is 0 Å². The molecule has 86 valence electrons. The molecule has 2 atom stereocenters. The largest absolute Gasteiger partial charge is 0.399 e. The van der Waals surface area contributed by atoms with Crippen molar-refractivity contribution in [3.63, 3.8) is 0 Å². The van der Waals surface area contributed by atoms with Crippen LogP contribution in [-0.4, -0.2) is 11.9 Å². The summed E-state index contributed by atoms with van der Waals surface area (Å²) < 4.78 is 0. The first-order valence-electron chi connectivity index (χ1n) is 5.57. The van der Waals surface area contributed by atoms with E-state index in [-0.39, 0.29) is 5.91 Å². The Morgan fingerprint density at radius 3 is 2.81 bits per heavy atom. The lowest BCUT2D eigenvalue weighted by Gasteiger charge is -2.07. The fourth-order valence-electron chi connectivity index (χ4n) is 1.91. The van der Waals surface area contributed by atoms with Gasteiger partial charge in [0.2, 0.25) is 0 Å². The van der Waals surface area contributed by atoms with E-state index in [2.05, 4.69) is 12.2 Å². The fraction of sp³-hybridized carbons (Fsp3) is 0.417. The van der Waals surface area contributed by atoms with E-state index in [0.29, 0.717) is 28.9 Å². The molecule has 1 saturated carbocycles. The molecule has 0 spiro atoms. The summed E-state index contributed by atoms with van der Waals surface area (Å²) in [5.74, 6) is 0.539. The van der Waals surface area contributed by atoms with Crippen molar-refractivity contribution >= 4 is 17.3 Å². The van der Waals surface area contributed by atoms with Crippen molar-refractivity contribution in [2.75, 3.05) is 11.5 Å². The monoisotopic (exact) mass is 219 g/mol. The van der Waals surface area contributed by atoms with Gasteiger partial charge >= 0.3 is 0 Å². The van der Waals surface area contributed by atoms with Crippen molar-refractivity contribution in [1.29, 1.82) is 0 Å². The van der Waals surface area contributed by atoms with Crippen LogP contribution in [-0.2, 0) is 0 Å². The third-order valence-electron chi connectivity index (χ3n) is 3.08. The van der Waals surface area contributed by atoms with E-state index in [9.17, 15) is 4.79 Å². The van der Waals surface area contributed by atoms with Gasteiger partial charge in [-0.2, -0.15) is 0 Å². The second-order valence-corrected chi connectivity index (χ2v) is 4.33. The number of hydrogen-bond donors (Lipinski definition) is 3. The summed E-state index contributed by atoms with van der Waals surface area (Å²) in [4.78, 5) is 11.9. The summed E-state index contributed by atoms with van der Waals surface area (Å²) in [6.07, 6.45) is 2.19. The van der Waals surface area contributed by atoms with Gasteiger partial charge in [0.15, 0.2) is 0 Å². The molecule has 0 aliphatic heterocycles. The molecule has 1 amide bonds. The van der Waals surface area contributed by atoms with E-state index in [1.807, 2.05) is 0 Å². The van der Waals surface area contributed by atoms with E-state index in [1.165, 1.54) is 0 Å². The molecule has 0 bridgehead atoms. The number of rotatable bonds is 3. The Morgan fingerprint density at radius 1 is 1.50 bits per heavy atom. The van der Waals surface area contributed by atoms with Gasteiger partial charge in [-0.05, 0) is 30.5 Å². The highest BCUT2D eigenvalue weighted by Crippen LogP contribution is 2.33. The lowest BCUT2D eigenvalue weighted by Crippen LogP contribution is -2.27. The Morgan fingerprint density at radius 2 is 2.25 bits per heavy atom. The van der Waals surface area contributed by atoms with Gasteiger partial charge in [0, 0.05) is 17.4 Å². The number of nitrogens with two attached hydrogens (primary N) is 2. The Balaban J connectivity index is 2.04. The maximum Gasteiger partial charge on any atom is 0.253 e. The molecule has 0 aromatic heterocycles. The van der Waals surface area contributed by atoms with Crippen LogP contribution in [0.2, 0.25) is 0 Å². The number of anilines is 2. The molecule has 0 saturated heterocycles. The highest BCUT2D eigenvalue weighted by atomic mass is 16.1. The number of carbonyl (C=O) groups excluding carboxylic acids is 1. The molecule has 2 unspecified atom stereocenters. The maximum absolute atomic E-state index is 11.9. The SMILES string of the molecule is CCC1CC1NC(=O)c1ccc(N)cc1N. The molecule has 0 radical (unpaired) electrons. The zero-order valence-corrected chi connectivity index (χ0v) is 9.36. The number of hydrogen-bond acceptors (Lipinski definition) is 3. The van der Waals surface area contributed by atoms with Crippen LogP contribution < -0.4 is 16.8 Å². The molecule has 1 aromatic rings. The van der Waals surface area contributed by atoms with Gasteiger partial charge in [0.25, 0.3) is 5.91 Å². The molecule has 2 rings (SSSR count). The summed E-state index contributed by atoms with van der Waals surface area (Å²) in [7, 11) is 0. The van der Waals surface area contributed by atoms with Crippen molar-refractivity contribution in [1.82, 2.24) is 5.32 Å². The second kappa shape index (κ2) is 4.04. The van der Waals surface area contributed by atoms with Crippen molar-refractivity contribution in [2.45, 2.75) is 25.8 Å². The number of benzene rings is 1. The van der Waals surface area contributed by atoms with Gasteiger partial charge in [0.1, 0.15) is 0 Å². The Bertz CT molecular complexity index is 417. The van der Waals surface area contributed by atoms with Crippen LogP contribution in [0.25, 0.3) is 0 Å². The number of carbonyl (C=O) groups is 1. The number of nitrogen functional groups attached to an aromatic ring is 2. The van der Waals surface area contributed by atoms with Gasteiger partial charge in [0.05, 0.1) is 5.56 Å². The zero-order chi connectivity index (χ0) is 11.7. The third kappa shape index (κ3) is 2.10. The molecule has 1 aliphatic rings. The van der Waals surface area contributed by atoms with Crippen LogP contribution in [0.3, 0.4) is 0 Å². The number of amides is 1. The third-order valence-corrected chi connectivity index (χ3v) is 3.08. The smallest absolute Gasteiger partial charge is 0.253 e. The van der Waals surface area contributed by atoms with Crippen molar-refractivity contribution < 1.29 is 4.79 Å². The average molecular weight is 219 g/mol. The fourth-order valence-corrected chi connectivity index (χ4v) is 1.91. The molecule has 0 heterocycles. The van der Waals surface area contributed by atoms with E-state index >= 15 is 0 Å². The number of nitrogens with one attached hydrogen (secondary N) is 1. The second-order valence-electron chi connectivity index (χ2n) is 4.33. The van der Waals surface area contributed by atoms with Gasteiger partial charge < -0.3 is 16.8 Å². The minimum atomic E-state index is -0.0987. The molecule has 16 heavy (non-hydrogen) atoms. The van der Waals surface area contributed by atoms with Crippen LogP contribution in [0, 0.1) is 5.92 Å². The molecule has 1 fully saturated rings. The predicted molar refractivity (Wildman–Crippen MR) is 64.9 cm³/mol. The molecule has 1 aromatic carbocycles. The minimum absolute atomic E-state index is 0.0987. The molecule has 5 N–H and O–H groups in total. The van der Waals surface area contributed by atoms with Crippen LogP contribution in [0.1, 0.15) is 30.1 Å². The highest BCUT2D eigenvalue weighted by Gasteiger charge is 2.36. The summed E-state index contributed by atoms with van der Waals surface area (Å²) in [6.45, 7) is 2.13. The topological polar surface area (TPSA) is 81.1 Å². The normalized spacial score (nSPS) is 22.8. The van der Waals surface area contributed by atoms with Crippen LogP contribution in [0.15, 0.2) is 18.2 Å². The van der Waals surface area contributed by atoms with E-state index in [1.54, 1.807) is 18.2 Å². The molecule has 1 aliphatic carbocycles. The Labute approximate surface area is 95.0 Å². The Kier molecular flexibility index (Phi) is 2.73. The molecule has 4 heteroatoms. The van der Waals surface area contributed by atoms with Gasteiger partial charge in [-0.15, -0.1) is 0 Å². The maximum atomic E-state index is 11.9. The van der Waals surface area contributed by atoms with Crippen molar-refractivity contribution in [3.05, 3.63) is 23.8 Å². The zero-order valence-electron chi connectivity index (χ0n) is 9.36. The summed E-state index contributed by atoms with van der Waals surface area (Å²) in [5, 5.41) is 2.97. The van der Waals surface area contributed by atoms with Gasteiger partial charge in [-0.3, -0.25) is 4.79 Å². The Hall–Kier alpha value is -1.71. The minimum Gasteiger partial charge on any atom is -0.399 e. The standard InChI is InChI=1S/C12H17N3O/c1-2-7-5-11(7)15-12(16)9-4-3-8(13)6-10(9)14/h3-4,6-7,11H,2,5,13-14H2,1H3,(H,15,16). The first kappa shape index (κ1) is 10.8. The average Bonchev–Trinajstić information content (AvgIpc) is 2.96. The van der Waals surface area contributed by atoms with E-state index in [4.69, 9.17) is 11.5 Å². The van der Waals surface area contributed by atoms with Crippen molar-refractivity contribution in [2.24, 2.45) is 5.92 Å². The van der Waals surface area contributed by atoms with Crippen LogP contribution >= 0.6 is 0 Å². The lowest BCUT2D eigenvalue weighted by atomic mass is 10.1. The molecular weight excluding hydrogens is 202 g/mol. The van der Waals surface area contributed by atoms with E-state index in [0.717, 1.165) is 12.8 Å². The molecular formula is C12H17N3O. The summed E-state index contributed by atoms with van der Waals surface area (Å²) in [6, 6.07) is 5.30. The molecule has 4 nitrogen and oxygen atoms in total. The first-order chi connectivity index (χ1) is 7.61. The highest BCUT2D eigenvalue weighted by molar-refractivity contribution is 6.00. The lowest BCUT2D eigenvalue weighted by molar-refractivity contribution is 0.0950. The van der Waals surface area contributed by atoms with Gasteiger partial charge in [-0.1, -0.05) is 13.3 Å².